The number of carbonyl (C=O) groups excluding carboxylic acids is 1. The van der Waals surface area contributed by atoms with Crippen molar-refractivity contribution in [3.05, 3.63) is 53.6 Å². The molecular weight excluding hydrogens is 392 g/mol. The van der Waals surface area contributed by atoms with Crippen LogP contribution >= 0.6 is 0 Å². The van der Waals surface area contributed by atoms with Crippen LogP contribution in [0.3, 0.4) is 0 Å². The molecule has 1 N–H and O–H groups in total. The van der Waals surface area contributed by atoms with Gasteiger partial charge in [-0.3, -0.25) is 4.79 Å². The number of nitrogens with one attached hydrogen (secondary N) is 1. The molecule has 2 heterocycles. The van der Waals surface area contributed by atoms with E-state index in [1.54, 1.807) is 28.6 Å². The van der Waals surface area contributed by atoms with E-state index in [1.165, 1.54) is 6.07 Å². The van der Waals surface area contributed by atoms with Crippen molar-refractivity contribution in [1.29, 1.82) is 0 Å². The second-order valence-corrected chi connectivity index (χ2v) is 9.25. The zero-order valence-electron chi connectivity index (χ0n) is 16.3. The highest BCUT2D eigenvalue weighted by Gasteiger charge is 2.31. The molecule has 0 spiro atoms. The van der Waals surface area contributed by atoms with Crippen molar-refractivity contribution in [3.63, 3.8) is 0 Å². The minimum absolute atomic E-state index is 0.0303. The highest BCUT2D eigenvalue weighted by atomic mass is 32.2. The van der Waals surface area contributed by atoms with Gasteiger partial charge in [-0.1, -0.05) is 18.6 Å². The maximum atomic E-state index is 13.0. The van der Waals surface area contributed by atoms with Crippen LogP contribution in [0.5, 0.6) is 11.5 Å². The summed E-state index contributed by atoms with van der Waals surface area (Å²) < 4.78 is 38.2. The van der Waals surface area contributed by atoms with Crippen LogP contribution in [0.2, 0.25) is 0 Å². The highest BCUT2D eigenvalue weighted by molar-refractivity contribution is 7.89. The Hall–Kier alpha value is -2.58. The Morgan fingerprint density at radius 1 is 1.14 bits per heavy atom. The average Bonchev–Trinajstić information content (AvgIpc) is 3.20. The summed E-state index contributed by atoms with van der Waals surface area (Å²) in [5.74, 6) is 1.01. The van der Waals surface area contributed by atoms with Crippen LogP contribution in [-0.2, 0) is 16.6 Å². The van der Waals surface area contributed by atoms with Gasteiger partial charge in [0, 0.05) is 24.7 Å². The number of hydrogen-bond acceptors (Lipinski definition) is 5. The topological polar surface area (TPSA) is 84.9 Å². The lowest BCUT2D eigenvalue weighted by Crippen LogP contribution is -2.42. The van der Waals surface area contributed by atoms with Gasteiger partial charge >= 0.3 is 0 Å². The van der Waals surface area contributed by atoms with Crippen LogP contribution < -0.4 is 14.8 Å². The van der Waals surface area contributed by atoms with E-state index in [-0.39, 0.29) is 23.6 Å². The van der Waals surface area contributed by atoms with E-state index in [4.69, 9.17) is 9.47 Å². The molecule has 0 saturated carbocycles. The molecule has 1 saturated heterocycles. The maximum absolute atomic E-state index is 13.0. The number of amides is 1. The summed E-state index contributed by atoms with van der Waals surface area (Å²) in [6, 6.07) is 11.7. The van der Waals surface area contributed by atoms with E-state index >= 15 is 0 Å². The molecule has 1 fully saturated rings. The SMILES string of the molecule is C[C@H]1CCCCN1S(=O)(=O)c1cccc(C(=O)NCc2ccc3c(c2)OCO3)c1. The molecule has 2 aliphatic rings. The number of sulfonamides is 1. The molecule has 2 aromatic carbocycles. The second-order valence-electron chi connectivity index (χ2n) is 7.36. The van der Waals surface area contributed by atoms with Gasteiger partial charge < -0.3 is 14.8 Å². The summed E-state index contributed by atoms with van der Waals surface area (Å²) in [4.78, 5) is 12.8. The molecule has 2 aliphatic heterocycles. The minimum atomic E-state index is -3.62. The van der Waals surface area contributed by atoms with Gasteiger partial charge in [0.2, 0.25) is 16.8 Å². The smallest absolute Gasteiger partial charge is 0.251 e. The molecule has 8 heteroatoms. The minimum Gasteiger partial charge on any atom is -0.454 e. The summed E-state index contributed by atoms with van der Waals surface area (Å²) in [6.45, 7) is 2.94. The predicted octanol–water partition coefficient (Wildman–Crippen LogP) is 2.91. The first kappa shape index (κ1) is 19.7. The molecule has 0 bridgehead atoms. The van der Waals surface area contributed by atoms with Crippen LogP contribution in [0.25, 0.3) is 0 Å². The van der Waals surface area contributed by atoms with Crippen LogP contribution in [0, 0.1) is 0 Å². The van der Waals surface area contributed by atoms with E-state index in [0.29, 0.717) is 30.2 Å². The molecule has 1 amide bonds. The van der Waals surface area contributed by atoms with Crippen molar-refractivity contribution in [3.8, 4) is 11.5 Å². The maximum Gasteiger partial charge on any atom is 0.251 e. The van der Waals surface area contributed by atoms with Crippen LogP contribution in [-0.4, -0.2) is 38.0 Å². The molecule has 1 atom stereocenters. The molecular formula is C21H24N2O5S. The normalized spacial score (nSPS) is 19.1. The molecule has 0 aliphatic carbocycles. The molecule has 2 aromatic rings. The number of benzene rings is 2. The number of hydrogen-bond donors (Lipinski definition) is 1. The number of carbonyl (C=O) groups is 1. The fourth-order valence-corrected chi connectivity index (χ4v) is 5.44. The largest absolute Gasteiger partial charge is 0.454 e. The Morgan fingerprint density at radius 3 is 2.79 bits per heavy atom. The molecule has 0 unspecified atom stereocenters. The number of piperidine rings is 1. The molecule has 0 aromatic heterocycles. The van der Waals surface area contributed by atoms with Crippen LogP contribution in [0.4, 0.5) is 0 Å². The first-order valence-corrected chi connectivity index (χ1v) is 11.2. The molecule has 29 heavy (non-hydrogen) atoms. The lowest BCUT2D eigenvalue weighted by molar-refractivity contribution is 0.0950. The first-order chi connectivity index (χ1) is 13.9. The Kier molecular flexibility index (Phi) is 5.47. The second kappa shape index (κ2) is 8.04. The van der Waals surface area contributed by atoms with Gasteiger partial charge in [-0.25, -0.2) is 8.42 Å². The van der Waals surface area contributed by atoms with E-state index in [2.05, 4.69) is 5.32 Å². The summed E-state index contributed by atoms with van der Waals surface area (Å²) >= 11 is 0. The predicted molar refractivity (Wildman–Crippen MR) is 107 cm³/mol. The van der Waals surface area contributed by atoms with Crippen LogP contribution in [0.1, 0.15) is 42.1 Å². The van der Waals surface area contributed by atoms with E-state index in [0.717, 1.165) is 24.8 Å². The number of rotatable bonds is 5. The fourth-order valence-electron chi connectivity index (χ4n) is 3.70. The van der Waals surface area contributed by atoms with Gasteiger partial charge in [0.15, 0.2) is 11.5 Å². The summed E-state index contributed by atoms with van der Waals surface area (Å²) in [6.07, 6.45) is 2.75. The van der Waals surface area contributed by atoms with Crippen molar-refractivity contribution >= 4 is 15.9 Å². The third-order valence-electron chi connectivity index (χ3n) is 5.33. The van der Waals surface area contributed by atoms with E-state index in [9.17, 15) is 13.2 Å². The fraction of sp³-hybridized carbons (Fsp3) is 0.381. The lowest BCUT2D eigenvalue weighted by Gasteiger charge is -2.32. The summed E-state index contributed by atoms with van der Waals surface area (Å²) in [5, 5.41) is 2.83. The molecule has 7 nitrogen and oxygen atoms in total. The van der Waals surface area contributed by atoms with Gasteiger partial charge in [0.25, 0.3) is 5.91 Å². The van der Waals surface area contributed by atoms with Gasteiger partial charge in [0.05, 0.1) is 4.90 Å². The average molecular weight is 416 g/mol. The van der Waals surface area contributed by atoms with Crippen molar-refractivity contribution in [2.75, 3.05) is 13.3 Å². The number of ether oxygens (including phenoxy) is 2. The van der Waals surface area contributed by atoms with Crippen molar-refractivity contribution in [2.24, 2.45) is 0 Å². The van der Waals surface area contributed by atoms with Gasteiger partial charge in [-0.15, -0.1) is 0 Å². The van der Waals surface area contributed by atoms with Crippen molar-refractivity contribution in [2.45, 2.75) is 43.7 Å². The zero-order valence-corrected chi connectivity index (χ0v) is 17.1. The third kappa shape index (κ3) is 4.09. The van der Waals surface area contributed by atoms with E-state index in [1.807, 2.05) is 19.1 Å². The van der Waals surface area contributed by atoms with Gasteiger partial charge in [-0.05, 0) is 55.7 Å². The summed E-state index contributed by atoms with van der Waals surface area (Å²) in [7, 11) is -3.62. The molecule has 0 radical (unpaired) electrons. The standard InChI is InChI=1S/C21H24N2O5S/c1-15-5-2-3-10-23(15)29(25,26)18-7-4-6-17(12-18)21(24)22-13-16-8-9-19-20(11-16)28-14-27-19/h4,6-9,11-12,15H,2-3,5,10,13-14H2,1H3,(H,22,24)/t15-/m0/s1. The van der Waals surface area contributed by atoms with Crippen molar-refractivity contribution in [1.82, 2.24) is 9.62 Å². The first-order valence-electron chi connectivity index (χ1n) is 9.74. The zero-order chi connectivity index (χ0) is 20.4. The Morgan fingerprint density at radius 2 is 1.97 bits per heavy atom. The van der Waals surface area contributed by atoms with Gasteiger partial charge in [0.1, 0.15) is 0 Å². The quantitative estimate of drug-likeness (QED) is 0.810. The lowest BCUT2D eigenvalue weighted by atomic mass is 10.1. The molecule has 4 rings (SSSR count). The Labute approximate surface area is 170 Å². The highest BCUT2D eigenvalue weighted by Crippen LogP contribution is 2.32. The summed E-state index contributed by atoms with van der Waals surface area (Å²) in [5.41, 5.74) is 1.19. The molecule has 154 valence electrons. The van der Waals surface area contributed by atoms with Crippen LogP contribution in [0.15, 0.2) is 47.4 Å². The Bertz CT molecular complexity index is 1020. The Balaban J connectivity index is 1.47. The number of fused-ring (bicyclic) bond motifs is 1. The van der Waals surface area contributed by atoms with Gasteiger partial charge in [-0.2, -0.15) is 4.31 Å². The van der Waals surface area contributed by atoms with Crippen molar-refractivity contribution < 1.29 is 22.7 Å². The number of nitrogens with zero attached hydrogens (tertiary/aromatic N) is 1. The van der Waals surface area contributed by atoms with E-state index < -0.39 is 10.0 Å². The monoisotopic (exact) mass is 416 g/mol. The third-order valence-corrected chi connectivity index (χ3v) is 7.34.